The summed E-state index contributed by atoms with van der Waals surface area (Å²) in [7, 11) is -8.00. The van der Waals surface area contributed by atoms with E-state index in [1.54, 1.807) is 30.3 Å². The van der Waals surface area contributed by atoms with Crippen molar-refractivity contribution in [3.63, 3.8) is 0 Å². The number of fused-ring (bicyclic) bond motifs is 3. The Bertz CT molecular complexity index is 1710. The van der Waals surface area contributed by atoms with Crippen molar-refractivity contribution in [3.8, 4) is 11.1 Å². The molecular weight excluding hydrogens is 519 g/mol. The van der Waals surface area contributed by atoms with Gasteiger partial charge in [-0.15, -0.1) is 0 Å². The van der Waals surface area contributed by atoms with Crippen LogP contribution in [-0.2, 0) is 24.8 Å². The molecule has 2 heterocycles. The number of aromatic nitrogens is 1. The Morgan fingerprint density at radius 1 is 0.919 bits per heavy atom. The minimum atomic E-state index is -4.10. The van der Waals surface area contributed by atoms with E-state index in [1.165, 1.54) is 54.7 Å². The van der Waals surface area contributed by atoms with E-state index in [0.717, 1.165) is 10.4 Å². The van der Waals surface area contributed by atoms with Gasteiger partial charge in [-0.1, -0.05) is 24.3 Å². The van der Waals surface area contributed by atoms with Crippen LogP contribution in [-0.4, -0.2) is 34.3 Å². The van der Waals surface area contributed by atoms with Gasteiger partial charge in [0.15, 0.2) is 0 Å². The molecule has 0 bridgehead atoms. The molecule has 3 aromatic carbocycles. The molecule has 0 saturated carbocycles. The maximum absolute atomic E-state index is 14.0. The lowest BCUT2D eigenvalue weighted by Crippen LogP contribution is -2.40. The Hall–Kier alpha value is -4.29. The number of sulfonamides is 2. The topological polar surface area (TPSA) is 126 Å². The van der Waals surface area contributed by atoms with Gasteiger partial charge < -0.3 is 5.32 Å². The summed E-state index contributed by atoms with van der Waals surface area (Å²) in [4.78, 5) is 16.7. The number of halogens is 1. The molecule has 0 spiro atoms. The first-order valence-corrected chi connectivity index (χ1v) is 13.8. The minimum Gasteiger partial charge on any atom is -0.325 e. The molecule has 9 nitrogen and oxygen atoms in total. The van der Waals surface area contributed by atoms with E-state index in [4.69, 9.17) is 0 Å². The van der Waals surface area contributed by atoms with E-state index in [1.807, 2.05) is 0 Å². The summed E-state index contributed by atoms with van der Waals surface area (Å²) in [6.45, 7) is -0.573. The second-order valence-corrected chi connectivity index (χ2v) is 11.6. The second kappa shape index (κ2) is 9.30. The highest BCUT2D eigenvalue weighted by Gasteiger charge is 2.36. The van der Waals surface area contributed by atoms with E-state index < -0.39 is 38.3 Å². The van der Waals surface area contributed by atoms with Crippen LogP contribution in [0.25, 0.3) is 11.1 Å². The summed E-state index contributed by atoms with van der Waals surface area (Å²) < 4.78 is 69.1. The molecule has 1 aliphatic rings. The lowest BCUT2D eigenvalue weighted by atomic mass is 10.0. The second-order valence-electron chi connectivity index (χ2n) is 8.06. The Morgan fingerprint density at radius 3 is 2.38 bits per heavy atom. The predicted molar refractivity (Wildman–Crippen MR) is 136 cm³/mol. The number of pyridine rings is 1. The summed E-state index contributed by atoms with van der Waals surface area (Å²) in [5.74, 6) is -1.05. The number of amides is 1. The molecule has 5 rings (SSSR count). The molecule has 0 atom stereocenters. The van der Waals surface area contributed by atoms with Crippen LogP contribution in [0.2, 0.25) is 0 Å². The molecule has 0 unspecified atom stereocenters. The van der Waals surface area contributed by atoms with Crippen LogP contribution in [0.4, 0.5) is 21.6 Å². The Morgan fingerprint density at radius 2 is 1.65 bits per heavy atom. The van der Waals surface area contributed by atoms with E-state index in [-0.39, 0.29) is 27.0 Å². The van der Waals surface area contributed by atoms with Gasteiger partial charge in [-0.25, -0.2) is 26.2 Å². The van der Waals surface area contributed by atoms with E-state index in [0.29, 0.717) is 11.1 Å². The number of anilines is 3. The third-order valence-corrected chi connectivity index (χ3v) is 8.80. The quantitative estimate of drug-likeness (QED) is 0.384. The molecule has 4 aromatic rings. The predicted octanol–water partition coefficient (Wildman–Crippen LogP) is 3.84. The van der Waals surface area contributed by atoms with Crippen molar-refractivity contribution in [2.45, 2.75) is 9.79 Å². The number of carbonyl (C=O) groups excluding carboxylic acids is 1. The maximum Gasteiger partial charge on any atom is 0.265 e. The van der Waals surface area contributed by atoms with Gasteiger partial charge in [0.1, 0.15) is 18.2 Å². The normalized spacial score (nSPS) is 13.8. The van der Waals surface area contributed by atoms with E-state index >= 15 is 0 Å². The third kappa shape index (κ3) is 4.76. The lowest BCUT2D eigenvalue weighted by molar-refractivity contribution is -0.114. The summed E-state index contributed by atoms with van der Waals surface area (Å²) >= 11 is 0. The molecule has 188 valence electrons. The zero-order valence-electron chi connectivity index (χ0n) is 19.0. The molecule has 0 aliphatic carbocycles. The zero-order valence-corrected chi connectivity index (χ0v) is 20.6. The lowest BCUT2D eigenvalue weighted by Gasteiger charge is -2.31. The van der Waals surface area contributed by atoms with E-state index in [2.05, 4.69) is 15.0 Å². The van der Waals surface area contributed by atoms with Crippen LogP contribution in [0.3, 0.4) is 0 Å². The first kappa shape index (κ1) is 24.4. The van der Waals surface area contributed by atoms with Crippen LogP contribution in [0.15, 0.2) is 101 Å². The monoisotopic (exact) mass is 538 g/mol. The number of nitrogens with one attached hydrogen (secondary N) is 2. The standard InChI is InChI=1S/C25H19FN4O5S2/c26-17-8-13-22-21(15-17)20-5-1-2-6-23(20)37(34,35)30(22)16-25(31)28-18-9-11-19(12-10-18)36(32,33)29-24-7-3-4-14-27-24/h1-15H,16H2,(H,27,29)(H,28,31). The van der Waals surface area contributed by atoms with Crippen molar-refractivity contribution in [1.29, 1.82) is 0 Å². The fraction of sp³-hybridized carbons (Fsp3) is 0.0400. The van der Waals surface area contributed by atoms with Gasteiger partial charge in [-0.2, -0.15) is 0 Å². The molecule has 0 fully saturated rings. The SMILES string of the molecule is O=C(CN1c2ccc(F)cc2-c2ccccc2S1(=O)=O)Nc1ccc(S(=O)(=O)Nc2ccccn2)cc1. The summed E-state index contributed by atoms with van der Waals surface area (Å²) in [5.41, 5.74) is 1.14. The Balaban J connectivity index is 1.36. The fourth-order valence-electron chi connectivity index (χ4n) is 3.94. The molecule has 0 saturated heterocycles. The van der Waals surface area contributed by atoms with Crippen molar-refractivity contribution in [1.82, 2.24) is 4.98 Å². The average molecular weight is 539 g/mol. The highest BCUT2D eigenvalue weighted by Crippen LogP contribution is 2.43. The minimum absolute atomic E-state index is 0.0316. The van der Waals surface area contributed by atoms with Gasteiger partial charge in [0, 0.05) is 23.0 Å². The number of benzene rings is 3. The molecule has 0 radical (unpaired) electrons. The van der Waals surface area contributed by atoms with Gasteiger partial charge in [-0.3, -0.25) is 13.8 Å². The maximum atomic E-state index is 14.0. The molecule has 1 amide bonds. The third-order valence-electron chi connectivity index (χ3n) is 5.61. The largest absolute Gasteiger partial charge is 0.325 e. The van der Waals surface area contributed by atoms with Crippen LogP contribution in [0.1, 0.15) is 0 Å². The highest BCUT2D eigenvalue weighted by atomic mass is 32.2. The number of hydrogen-bond acceptors (Lipinski definition) is 6. The summed E-state index contributed by atoms with van der Waals surface area (Å²) in [6.07, 6.45) is 1.45. The average Bonchev–Trinajstić information content (AvgIpc) is 2.87. The molecular formula is C25H19FN4O5S2. The van der Waals surface area contributed by atoms with Crippen LogP contribution < -0.4 is 14.3 Å². The summed E-state index contributed by atoms with van der Waals surface area (Å²) in [6, 6.07) is 20.0. The number of rotatable bonds is 6. The number of nitrogens with zero attached hydrogens (tertiary/aromatic N) is 2. The van der Waals surface area contributed by atoms with Gasteiger partial charge in [0.25, 0.3) is 20.0 Å². The Labute approximate surface area is 212 Å². The van der Waals surface area contributed by atoms with Crippen LogP contribution in [0.5, 0.6) is 0 Å². The first-order valence-electron chi connectivity index (χ1n) is 10.9. The van der Waals surface area contributed by atoms with Crippen molar-refractivity contribution in [2.24, 2.45) is 0 Å². The number of hydrogen-bond donors (Lipinski definition) is 2. The van der Waals surface area contributed by atoms with Gasteiger partial charge >= 0.3 is 0 Å². The number of carbonyl (C=O) groups is 1. The molecule has 2 N–H and O–H groups in total. The van der Waals surface area contributed by atoms with Crippen molar-refractivity contribution in [3.05, 3.63) is 96.9 Å². The molecule has 37 heavy (non-hydrogen) atoms. The van der Waals surface area contributed by atoms with Gasteiger partial charge in [0.2, 0.25) is 5.91 Å². The zero-order chi connectivity index (χ0) is 26.2. The van der Waals surface area contributed by atoms with Crippen molar-refractivity contribution < 1.29 is 26.0 Å². The van der Waals surface area contributed by atoms with Crippen LogP contribution in [0, 0.1) is 5.82 Å². The summed E-state index contributed by atoms with van der Waals surface area (Å²) in [5, 5.41) is 2.57. The molecule has 12 heteroatoms. The van der Waals surface area contributed by atoms with Gasteiger partial charge in [0.05, 0.1) is 15.5 Å². The van der Waals surface area contributed by atoms with Gasteiger partial charge in [-0.05, 0) is 60.7 Å². The smallest absolute Gasteiger partial charge is 0.265 e. The van der Waals surface area contributed by atoms with E-state index in [9.17, 15) is 26.0 Å². The van der Waals surface area contributed by atoms with Crippen LogP contribution >= 0.6 is 0 Å². The van der Waals surface area contributed by atoms with Crippen molar-refractivity contribution in [2.75, 3.05) is 20.9 Å². The highest BCUT2D eigenvalue weighted by molar-refractivity contribution is 7.93. The first-order chi connectivity index (χ1) is 17.6. The fourth-order valence-corrected chi connectivity index (χ4v) is 6.60. The van der Waals surface area contributed by atoms with Crippen molar-refractivity contribution >= 4 is 43.1 Å². The molecule has 1 aliphatic heterocycles. The Kier molecular flexibility index (Phi) is 6.13. The molecule has 1 aromatic heterocycles.